The Morgan fingerprint density at radius 3 is 2.78 bits per heavy atom. The molecule has 0 saturated carbocycles. The molecule has 0 aliphatic rings. The van der Waals surface area contributed by atoms with Gasteiger partial charge in [-0.2, -0.15) is 0 Å². The van der Waals surface area contributed by atoms with E-state index in [1.54, 1.807) is 0 Å². The van der Waals surface area contributed by atoms with Gasteiger partial charge in [0.2, 0.25) is 0 Å². The van der Waals surface area contributed by atoms with E-state index in [-0.39, 0.29) is 22.7 Å². The first-order chi connectivity index (χ1) is 8.49. The highest BCUT2D eigenvalue weighted by Crippen LogP contribution is 2.18. The summed E-state index contributed by atoms with van der Waals surface area (Å²) in [7, 11) is 1.34. The second-order valence-corrected chi connectivity index (χ2v) is 4.16. The molecule has 0 fully saturated rings. The maximum absolute atomic E-state index is 13.2. The van der Waals surface area contributed by atoms with Crippen molar-refractivity contribution in [2.45, 2.75) is 19.4 Å². The monoisotopic (exact) mass is 270 g/mol. The second-order valence-electron chi connectivity index (χ2n) is 3.69. The van der Waals surface area contributed by atoms with Gasteiger partial charge in [0.05, 0.1) is 18.1 Å². The van der Waals surface area contributed by atoms with Crippen molar-refractivity contribution in [3.05, 3.63) is 29.6 Å². The fourth-order valence-electron chi connectivity index (χ4n) is 1.42. The maximum Gasteiger partial charge on any atom is 0.251 e. The van der Waals surface area contributed by atoms with Gasteiger partial charge >= 0.3 is 0 Å². The number of carbonyl (C=O) groups is 1. The Hall–Kier alpha value is -1.69. The first-order valence-corrected chi connectivity index (χ1v) is 5.84. The molecule has 1 amide bonds. The van der Waals surface area contributed by atoms with Gasteiger partial charge in [0, 0.05) is 5.56 Å². The van der Waals surface area contributed by atoms with E-state index in [0.29, 0.717) is 12.0 Å². The lowest BCUT2D eigenvalue weighted by Gasteiger charge is -2.15. The molecule has 0 saturated heterocycles. The number of rotatable bonds is 5. The Labute approximate surface area is 110 Å². The largest absolute Gasteiger partial charge is 0.494 e. The van der Waals surface area contributed by atoms with Crippen molar-refractivity contribution < 1.29 is 13.9 Å². The zero-order chi connectivity index (χ0) is 13.7. The minimum absolute atomic E-state index is 0.0195. The molecule has 18 heavy (non-hydrogen) atoms. The maximum atomic E-state index is 13.2. The Bertz CT molecular complexity index is 465. The van der Waals surface area contributed by atoms with Crippen molar-refractivity contribution in [1.82, 2.24) is 5.32 Å². The fraction of sp³-hybridized carbons (Fsp3) is 0.333. The number of nitrogens with one attached hydrogen (secondary N) is 1. The van der Waals surface area contributed by atoms with Crippen LogP contribution >= 0.6 is 12.2 Å². The van der Waals surface area contributed by atoms with Gasteiger partial charge in [-0.05, 0) is 24.6 Å². The molecule has 0 heterocycles. The minimum Gasteiger partial charge on any atom is -0.494 e. The van der Waals surface area contributed by atoms with Gasteiger partial charge in [-0.3, -0.25) is 4.79 Å². The molecule has 0 aliphatic heterocycles. The van der Waals surface area contributed by atoms with E-state index < -0.39 is 5.82 Å². The lowest BCUT2D eigenvalue weighted by atomic mass is 10.1. The minimum atomic E-state index is -0.518. The fourth-order valence-corrected chi connectivity index (χ4v) is 1.64. The van der Waals surface area contributed by atoms with Gasteiger partial charge in [-0.25, -0.2) is 4.39 Å². The Morgan fingerprint density at radius 1 is 1.61 bits per heavy atom. The Morgan fingerprint density at radius 2 is 2.28 bits per heavy atom. The molecule has 6 heteroatoms. The number of amides is 1. The number of hydrogen-bond acceptors (Lipinski definition) is 3. The van der Waals surface area contributed by atoms with Gasteiger partial charge in [-0.1, -0.05) is 19.1 Å². The Balaban J connectivity index is 2.87. The van der Waals surface area contributed by atoms with E-state index in [1.165, 1.54) is 25.3 Å². The standard InChI is InChI=1S/C12H15FN2O2S/c1-3-9(11(14)18)15-12(16)7-4-5-8(13)10(6-7)17-2/h4-6,9H,3H2,1-2H3,(H2,14,18)(H,15,16). The van der Waals surface area contributed by atoms with Gasteiger partial charge in [0.15, 0.2) is 11.6 Å². The smallest absolute Gasteiger partial charge is 0.251 e. The second kappa shape index (κ2) is 6.30. The summed E-state index contributed by atoms with van der Waals surface area (Å²) in [5.74, 6) is -0.866. The molecule has 1 atom stereocenters. The van der Waals surface area contributed by atoms with Crippen LogP contribution in [0.1, 0.15) is 23.7 Å². The number of hydrogen-bond donors (Lipinski definition) is 2. The van der Waals surface area contributed by atoms with E-state index >= 15 is 0 Å². The molecule has 98 valence electrons. The van der Waals surface area contributed by atoms with Crippen molar-refractivity contribution in [3.63, 3.8) is 0 Å². The van der Waals surface area contributed by atoms with Gasteiger partial charge < -0.3 is 15.8 Å². The quantitative estimate of drug-likeness (QED) is 0.798. The van der Waals surface area contributed by atoms with Gasteiger partial charge in [-0.15, -0.1) is 0 Å². The third kappa shape index (κ3) is 3.40. The van der Waals surface area contributed by atoms with Crippen LogP contribution in [0.2, 0.25) is 0 Å². The van der Waals surface area contributed by atoms with E-state index in [0.717, 1.165) is 0 Å². The van der Waals surface area contributed by atoms with Crippen molar-refractivity contribution >= 4 is 23.1 Å². The van der Waals surface area contributed by atoms with E-state index in [4.69, 9.17) is 22.7 Å². The van der Waals surface area contributed by atoms with Crippen LogP contribution in [0.5, 0.6) is 5.75 Å². The van der Waals surface area contributed by atoms with E-state index in [2.05, 4.69) is 5.32 Å². The zero-order valence-corrected chi connectivity index (χ0v) is 11.0. The molecule has 0 aliphatic carbocycles. The highest BCUT2D eigenvalue weighted by Gasteiger charge is 2.15. The van der Waals surface area contributed by atoms with Crippen LogP contribution in [-0.2, 0) is 0 Å². The lowest BCUT2D eigenvalue weighted by molar-refractivity contribution is 0.0946. The molecule has 0 bridgehead atoms. The van der Waals surface area contributed by atoms with Crippen LogP contribution in [0.25, 0.3) is 0 Å². The number of halogens is 1. The molecule has 1 rings (SSSR count). The summed E-state index contributed by atoms with van der Waals surface area (Å²) in [6.07, 6.45) is 0.597. The zero-order valence-electron chi connectivity index (χ0n) is 10.2. The van der Waals surface area contributed by atoms with E-state index in [1.807, 2.05) is 6.92 Å². The average Bonchev–Trinajstić information content (AvgIpc) is 2.35. The summed E-state index contributed by atoms with van der Waals surface area (Å²) in [5, 5.41) is 2.67. The molecule has 0 spiro atoms. The van der Waals surface area contributed by atoms with Crippen LogP contribution in [0.3, 0.4) is 0 Å². The molecule has 4 nitrogen and oxygen atoms in total. The number of methoxy groups -OCH3 is 1. The molecule has 1 unspecified atom stereocenters. The molecule has 1 aromatic carbocycles. The highest BCUT2D eigenvalue weighted by atomic mass is 32.1. The molecule has 0 radical (unpaired) electrons. The SMILES string of the molecule is CCC(NC(=O)c1ccc(F)c(OC)c1)C(N)=S. The highest BCUT2D eigenvalue weighted by molar-refractivity contribution is 7.80. The van der Waals surface area contributed by atoms with Gasteiger partial charge in [0.1, 0.15) is 0 Å². The normalized spacial score (nSPS) is 11.7. The predicted octanol–water partition coefficient (Wildman–Crippen LogP) is 1.63. The predicted molar refractivity (Wildman–Crippen MR) is 71.3 cm³/mol. The van der Waals surface area contributed by atoms with Gasteiger partial charge in [0.25, 0.3) is 5.91 Å². The molecular formula is C12H15FN2O2S. The summed E-state index contributed by atoms with van der Waals surface area (Å²) in [6, 6.07) is 3.51. The van der Waals surface area contributed by atoms with Crippen LogP contribution in [0.4, 0.5) is 4.39 Å². The van der Waals surface area contributed by atoms with Crippen molar-refractivity contribution in [3.8, 4) is 5.75 Å². The van der Waals surface area contributed by atoms with Crippen LogP contribution in [0, 0.1) is 5.82 Å². The number of nitrogens with two attached hydrogens (primary N) is 1. The van der Waals surface area contributed by atoms with Crippen molar-refractivity contribution in [2.24, 2.45) is 5.73 Å². The Kier molecular flexibility index (Phi) is 5.03. The van der Waals surface area contributed by atoms with Crippen molar-refractivity contribution in [2.75, 3.05) is 7.11 Å². The summed E-state index contributed by atoms with van der Waals surface area (Å²) < 4.78 is 18.0. The molecule has 0 aromatic heterocycles. The molecule has 3 N–H and O–H groups in total. The summed E-state index contributed by atoms with van der Waals surface area (Å²) >= 11 is 4.83. The third-order valence-corrected chi connectivity index (χ3v) is 2.75. The number of ether oxygens (including phenoxy) is 1. The lowest BCUT2D eigenvalue weighted by Crippen LogP contribution is -2.43. The topological polar surface area (TPSA) is 64.3 Å². The summed E-state index contributed by atoms with van der Waals surface area (Å²) in [4.78, 5) is 12.1. The number of benzene rings is 1. The molecule has 1 aromatic rings. The first kappa shape index (κ1) is 14.4. The van der Waals surface area contributed by atoms with Crippen molar-refractivity contribution in [1.29, 1.82) is 0 Å². The average molecular weight is 270 g/mol. The van der Waals surface area contributed by atoms with E-state index in [9.17, 15) is 9.18 Å². The molecular weight excluding hydrogens is 255 g/mol. The number of carbonyl (C=O) groups excluding carboxylic acids is 1. The number of thiocarbonyl (C=S) groups is 1. The van der Waals surface area contributed by atoms with Crippen LogP contribution < -0.4 is 15.8 Å². The first-order valence-electron chi connectivity index (χ1n) is 5.43. The van der Waals surface area contributed by atoms with Crippen LogP contribution in [0.15, 0.2) is 18.2 Å². The van der Waals surface area contributed by atoms with Crippen LogP contribution in [-0.4, -0.2) is 24.0 Å². The third-order valence-electron chi connectivity index (χ3n) is 2.47. The summed E-state index contributed by atoms with van der Waals surface area (Å²) in [5.41, 5.74) is 5.78. The summed E-state index contributed by atoms with van der Waals surface area (Å²) in [6.45, 7) is 1.86.